The van der Waals surface area contributed by atoms with Crippen LogP contribution in [0.5, 0.6) is 0 Å². The number of ether oxygens (including phenoxy) is 2. The second-order valence-electron chi connectivity index (χ2n) is 4.13. The van der Waals surface area contributed by atoms with Crippen LogP contribution < -0.4 is 11.5 Å². The molecule has 0 spiro atoms. The summed E-state index contributed by atoms with van der Waals surface area (Å²) in [7, 11) is 0. The molecule has 6 nitrogen and oxygen atoms in total. The molecule has 0 aliphatic carbocycles. The molecular weight excluding hydrogens is 210 g/mol. The molecule has 0 aromatic rings. The van der Waals surface area contributed by atoms with E-state index < -0.39 is 11.6 Å². The number of hydrogen-bond donors (Lipinski definition) is 2. The zero-order chi connectivity index (χ0) is 12.0. The van der Waals surface area contributed by atoms with E-state index >= 15 is 0 Å². The number of carbonyl (C=O) groups excluding carboxylic acids is 1. The van der Waals surface area contributed by atoms with Gasteiger partial charge in [0.05, 0.1) is 19.8 Å². The third-order valence-electron chi connectivity index (χ3n) is 2.61. The summed E-state index contributed by atoms with van der Waals surface area (Å²) in [6.07, 6.45) is 0.833. The van der Waals surface area contributed by atoms with Crippen molar-refractivity contribution in [3.05, 3.63) is 0 Å². The number of morpholine rings is 1. The van der Waals surface area contributed by atoms with Crippen LogP contribution in [0, 0.1) is 0 Å². The molecule has 4 N–H and O–H groups in total. The Hall–Kier alpha value is -0.690. The van der Waals surface area contributed by atoms with Gasteiger partial charge in [-0.05, 0) is 13.3 Å². The van der Waals surface area contributed by atoms with Gasteiger partial charge in [0.25, 0.3) is 5.91 Å². The zero-order valence-corrected chi connectivity index (χ0v) is 9.78. The van der Waals surface area contributed by atoms with E-state index in [1.165, 1.54) is 6.92 Å². The van der Waals surface area contributed by atoms with Crippen molar-refractivity contribution in [2.24, 2.45) is 11.5 Å². The van der Waals surface area contributed by atoms with Gasteiger partial charge in [-0.25, -0.2) is 0 Å². The minimum Gasteiger partial charge on any atom is -0.379 e. The SMILES string of the molecule is CC(N)(OCCCN1CCOCC1)C(N)=O. The zero-order valence-electron chi connectivity index (χ0n) is 9.78. The summed E-state index contributed by atoms with van der Waals surface area (Å²) in [5.41, 5.74) is 9.27. The molecule has 16 heavy (non-hydrogen) atoms. The van der Waals surface area contributed by atoms with Crippen molar-refractivity contribution in [3.8, 4) is 0 Å². The van der Waals surface area contributed by atoms with E-state index in [4.69, 9.17) is 20.9 Å². The summed E-state index contributed by atoms with van der Waals surface area (Å²) in [5.74, 6) is -0.640. The Morgan fingerprint density at radius 1 is 1.50 bits per heavy atom. The topological polar surface area (TPSA) is 90.8 Å². The lowest BCUT2D eigenvalue weighted by atomic mass is 10.2. The minimum atomic E-state index is -1.36. The monoisotopic (exact) mass is 231 g/mol. The number of nitrogens with two attached hydrogens (primary N) is 2. The third kappa shape index (κ3) is 4.44. The fraction of sp³-hybridized carbons (Fsp3) is 0.900. The highest BCUT2D eigenvalue weighted by Crippen LogP contribution is 2.03. The van der Waals surface area contributed by atoms with Crippen molar-refractivity contribution in [3.63, 3.8) is 0 Å². The first-order valence-electron chi connectivity index (χ1n) is 5.55. The van der Waals surface area contributed by atoms with Gasteiger partial charge in [0.1, 0.15) is 0 Å². The van der Waals surface area contributed by atoms with Gasteiger partial charge in [-0.1, -0.05) is 0 Å². The maximum Gasteiger partial charge on any atom is 0.264 e. The standard InChI is InChI=1S/C10H21N3O3/c1-10(12,9(11)14)16-6-2-3-13-4-7-15-8-5-13/h2-8,12H2,1H3,(H2,11,14). The van der Waals surface area contributed by atoms with Crippen LogP contribution in [0.3, 0.4) is 0 Å². The Balaban J connectivity index is 2.09. The molecule has 1 atom stereocenters. The van der Waals surface area contributed by atoms with Crippen LogP contribution >= 0.6 is 0 Å². The smallest absolute Gasteiger partial charge is 0.264 e. The van der Waals surface area contributed by atoms with E-state index in [2.05, 4.69) is 4.90 Å². The summed E-state index contributed by atoms with van der Waals surface area (Å²) < 4.78 is 10.5. The highest BCUT2D eigenvalue weighted by atomic mass is 16.5. The van der Waals surface area contributed by atoms with Crippen molar-refractivity contribution < 1.29 is 14.3 Å². The number of primary amides is 1. The van der Waals surface area contributed by atoms with Crippen molar-refractivity contribution in [2.75, 3.05) is 39.5 Å². The quantitative estimate of drug-likeness (QED) is 0.446. The Morgan fingerprint density at radius 2 is 2.12 bits per heavy atom. The van der Waals surface area contributed by atoms with Gasteiger partial charge in [0.15, 0.2) is 5.72 Å². The molecule has 0 aromatic carbocycles. The number of nitrogens with zero attached hydrogens (tertiary/aromatic N) is 1. The van der Waals surface area contributed by atoms with E-state index in [9.17, 15) is 4.79 Å². The molecule has 1 heterocycles. The van der Waals surface area contributed by atoms with Crippen LogP contribution in [-0.2, 0) is 14.3 Å². The Kier molecular flexibility index (Phi) is 5.14. The first-order chi connectivity index (χ1) is 7.52. The molecular formula is C10H21N3O3. The summed E-state index contributed by atoms with van der Waals surface area (Å²) >= 11 is 0. The van der Waals surface area contributed by atoms with Gasteiger partial charge in [-0.15, -0.1) is 0 Å². The predicted molar refractivity (Wildman–Crippen MR) is 59.6 cm³/mol. The summed E-state index contributed by atoms with van der Waals surface area (Å²) in [6.45, 7) is 6.33. The van der Waals surface area contributed by atoms with Gasteiger partial charge in [0, 0.05) is 19.6 Å². The molecule has 0 bridgehead atoms. The molecule has 94 valence electrons. The van der Waals surface area contributed by atoms with Gasteiger partial charge in [0.2, 0.25) is 0 Å². The van der Waals surface area contributed by atoms with Gasteiger partial charge >= 0.3 is 0 Å². The van der Waals surface area contributed by atoms with Crippen molar-refractivity contribution >= 4 is 5.91 Å². The Morgan fingerprint density at radius 3 is 2.69 bits per heavy atom. The lowest BCUT2D eigenvalue weighted by molar-refractivity contribution is -0.141. The highest BCUT2D eigenvalue weighted by Gasteiger charge is 2.26. The van der Waals surface area contributed by atoms with Gasteiger partial charge < -0.3 is 15.2 Å². The summed E-state index contributed by atoms with van der Waals surface area (Å²) in [5, 5.41) is 0. The van der Waals surface area contributed by atoms with E-state index in [0.29, 0.717) is 6.61 Å². The summed E-state index contributed by atoms with van der Waals surface area (Å²) in [6, 6.07) is 0. The largest absolute Gasteiger partial charge is 0.379 e. The Labute approximate surface area is 95.8 Å². The van der Waals surface area contributed by atoms with E-state index in [1.54, 1.807) is 0 Å². The first-order valence-corrected chi connectivity index (χ1v) is 5.55. The predicted octanol–water partition coefficient (Wildman–Crippen LogP) is -1.11. The molecule has 0 aromatic heterocycles. The van der Waals surface area contributed by atoms with Crippen molar-refractivity contribution in [2.45, 2.75) is 19.1 Å². The summed E-state index contributed by atoms with van der Waals surface area (Å²) in [4.78, 5) is 13.2. The number of hydrogen-bond acceptors (Lipinski definition) is 5. The fourth-order valence-electron chi connectivity index (χ4n) is 1.47. The van der Waals surface area contributed by atoms with Crippen molar-refractivity contribution in [1.29, 1.82) is 0 Å². The molecule has 1 aliphatic rings. The minimum absolute atomic E-state index is 0.438. The Bertz CT molecular complexity index is 227. The van der Waals surface area contributed by atoms with Gasteiger partial charge in [-0.2, -0.15) is 0 Å². The normalized spacial score (nSPS) is 21.6. The molecule has 1 aliphatic heterocycles. The molecule has 1 amide bonds. The first kappa shape index (κ1) is 13.4. The molecule has 1 fully saturated rings. The van der Waals surface area contributed by atoms with E-state index in [1.807, 2.05) is 0 Å². The molecule has 0 radical (unpaired) electrons. The maximum absolute atomic E-state index is 10.9. The maximum atomic E-state index is 10.9. The molecule has 6 heteroatoms. The van der Waals surface area contributed by atoms with Crippen molar-refractivity contribution in [1.82, 2.24) is 4.90 Å². The van der Waals surface area contributed by atoms with Crippen LogP contribution in [0.25, 0.3) is 0 Å². The van der Waals surface area contributed by atoms with E-state index in [-0.39, 0.29) is 0 Å². The van der Waals surface area contributed by atoms with Crippen LogP contribution in [0.1, 0.15) is 13.3 Å². The number of carbonyl (C=O) groups is 1. The lowest BCUT2D eigenvalue weighted by Gasteiger charge is -2.27. The average Bonchev–Trinajstić information content (AvgIpc) is 2.26. The second kappa shape index (κ2) is 6.15. The second-order valence-corrected chi connectivity index (χ2v) is 4.13. The van der Waals surface area contributed by atoms with Gasteiger partial charge in [-0.3, -0.25) is 15.4 Å². The van der Waals surface area contributed by atoms with Crippen LogP contribution in [0.4, 0.5) is 0 Å². The lowest BCUT2D eigenvalue weighted by Crippen LogP contribution is -2.51. The van der Waals surface area contributed by atoms with Crippen LogP contribution in [0.2, 0.25) is 0 Å². The van der Waals surface area contributed by atoms with Crippen LogP contribution in [-0.4, -0.2) is 56.0 Å². The molecule has 1 unspecified atom stereocenters. The van der Waals surface area contributed by atoms with Crippen LogP contribution in [0.15, 0.2) is 0 Å². The third-order valence-corrected chi connectivity index (χ3v) is 2.61. The average molecular weight is 231 g/mol. The molecule has 1 rings (SSSR count). The fourth-order valence-corrected chi connectivity index (χ4v) is 1.47. The van der Waals surface area contributed by atoms with E-state index in [0.717, 1.165) is 39.3 Å². The number of rotatable bonds is 6. The highest BCUT2D eigenvalue weighted by molar-refractivity contribution is 5.82. The molecule has 0 saturated carbocycles. The number of amides is 1. The molecule has 1 saturated heterocycles.